The lowest BCUT2D eigenvalue weighted by atomic mass is 9.42. The highest BCUT2D eigenvalue weighted by Crippen LogP contribution is 2.70. The van der Waals surface area contributed by atoms with E-state index in [2.05, 4.69) is 6.92 Å². The van der Waals surface area contributed by atoms with Crippen molar-refractivity contribution < 1.29 is 68.6 Å². The number of esters is 1. The van der Waals surface area contributed by atoms with Crippen LogP contribution in [0.25, 0.3) is 0 Å². The predicted octanol–water partition coefficient (Wildman–Crippen LogP) is 2.61. The Morgan fingerprint density at radius 3 is 2.07 bits per heavy atom. The lowest BCUT2D eigenvalue weighted by Crippen LogP contribution is -2.67. The van der Waals surface area contributed by atoms with Gasteiger partial charge < -0.3 is 63.8 Å². The third-order valence-corrected chi connectivity index (χ3v) is 16.2. The number of cyclic esters (lactones) is 1. The normalized spacial score (nSPS) is 56.1. The van der Waals surface area contributed by atoms with E-state index in [1.54, 1.807) is 26.8 Å². The summed E-state index contributed by atoms with van der Waals surface area (Å²) in [4.78, 5) is 12.0. The maximum absolute atomic E-state index is 12.6. The van der Waals surface area contributed by atoms with Crippen LogP contribution in [-0.2, 0) is 38.0 Å². The number of ether oxygens (including phenoxy) is 7. The Balaban J connectivity index is 0.841. The molecular weight excluding hydrogens is 728 g/mol. The summed E-state index contributed by atoms with van der Waals surface area (Å²) in [6.07, 6.45) is -0.969. The second-order valence-electron chi connectivity index (χ2n) is 19.5. The molecule has 8 aliphatic rings. The third-order valence-electron chi connectivity index (χ3n) is 16.2. The molecule has 4 aliphatic heterocycles. The molecule has 6 N–H and O–H groups in total. The van der Waals surface area contributed by atoms with Gasteiger partial charge in [0.15, 0.2) is 18.4 Å². The van der Waals surface area contributed by atoms with Crippen LogP contribution in [0.2, 0.25) is 0 Å². The van der Waals surface area contributed by atoms with Crippen molar-refractivity contribution in [2.75, 3.05) is 6.61 Å². The van der Waals surface area contributed by atoms with E-state index in [-0.39, 0.29) is 61.1 Å². The lowest BCUT2D eigenvalue weighted by molar-refractivity contribution is -0.362. The van der Waals surface area contributed by atoms with Crippen molar-refractivity contribution in [2.24, 2.45) is 34.5 Å². The van der Waals surface area contributed by atoms with Crippen molar-refractivity contribution in [1.29, 1.82) is 0 Å². The summed E-state index contributed by atoms with van der Waals surface area (Å²) >= 11 is 0. The van der Waals surface area contributed by atoms with Crippen LogP contribution in [0.15, 0.2) is 11.6 Å². The van der Waals surface area contributed by atoms with Crippen molar-refractivity contribution in [3.8, 4) is 0 Å². The third kappa shape index (κ3) is 6.93. The van der Waals surface area contributed by atoms with Crippen LogP contribution in [0.1, 0.15) is 112 Å². The lowest BCUT2D eigenvalue weighted by Gasteiger charge is -2.65. The van der Waals surface area contributed by atoms with Gasteiger partial charge in [-0.15, -0.1) is 0 Å². The zero-order valence-corrected chi connectivity index (χ0v) is 33.8. The first kappa shape index (κ1) is 41.5. The van der Waals surface area contributed by atoms with E-state index in [0.29, 0.717) is 18.8 Å². The first-order valence-corrected chi connectivity index (χ1v) is 21.3. The van der Waals surface area contributed by atoms with E-state index in [9.17, 15) is 35.4 Å². The van der Waals surface area contributed by atoms with Gasteiger partial charge in [-0.25, -0.2) is 4.79 Å². The number of hydrogen-bond donors (Lipinski definition) is 6. The number of carbonyl (C=O) groups is 1. The van der Waals surface area contributed by atoms with Gasteiger partial charge in [-0.3, -0.25) is 0 Å². The highest BCUT2D eigenvalue weighted by atomic mass is 16.7. The van der Waals surface area contributed by atoms with Gasteiger partial charge in [-0.2, -0.15) is 0 Å². The van der Waals surface area contributed by atoms with Crippen LogP contribution < -0.4 is 0 Å². The smallest absolute Gasteiger partial charge is 0.331 e. The maximum atomic E-state index is 12.6. The Kier molecular flexibility index (Phi) is 11.1. The number of carbonyl (C=O) groups excluding carboxylic acids is 1. The fourth-order valence-electron chi connectivity index (χ4n) is 13.1. The molecule has 14 heteroatoms. The van der Waals surface area contributed by atoms with Gasteiger partial charge in [0.25, 0.3) is 0 Å². The number of aliphatic hydroxyl groups excluding tert-OH is 5. The number of fused-ring (bicyclic) bond motifs is 5. The van der Waals surface area contributed by atoms with Crippen LogP contribution in [0.4, 0.5) is 0 Å². The van der Waals surface area contributed by atoms with Crippen LogP contribution in [-0.4, -0.2) is 134 Å². The van der Waals surface area contributed by atoms with Crippen LogP contribution in [0, 0.1) is 34.5 Å². The molecule has 318 valence electrons. The van der Waals surface area contributed by atoms with E-state index in [4.69, 9.17) is 33.2 Å². The molecule has 0 spiro atoms. The number of aliphatic hydroxyl groups is 6. The Morgan fingerprint density at radius 2 is 1.43 bits per heavy atom. The van der Waals surface area contributed by atoms with Crippen LogP contribution in [0.5, 0.6) is 0 Å². The molecule has 56 heavy (non-hydrogen) atoms. The van der Waals surface area contributed by atoms with Crippen molar-refractivity contribution in [3.63, 3.8) is 0 Å². The SMILES string of the molecule is C[C@H]1O[C@@](C)(O[C@H]2[C@@H](O)C[C@H](O[C@H]3[C@@H](O)C[C@H](O[C@H]4CC[C@@]5(C)[C@H](CC[C@@H]6[C@@H]5C[C@@H](O)[C@]5(C)[C@@H](C7=CC(=O)OC7)CC[C@]65O)C4)O[C@@H]3C)O[C@@H]2C)C[C@H](O)[C@@H]1O. The molecule has 4 saturated carbocycles. The molecule has 14 nitrogen and oxygen atoms in total. The largest absolute Gasteiger partial charge is 0.458 e. The highest BCUT2D eigenvalue weighted by molar-refractivity contribution is 5.85. The zero-order chi connectivity index (χ0) is 40.1. The van der Waals surface area contributed by atoms with E-state index < -0.39 is 90.4 Å². The molecule has 21 atom stereocenters. The predicted molar refractivity (Wildman–Crippen MR) is 197 cm³/mol. The fraction of sp³-hybridized carbons (Fsp3) is 0.929. The fourth-order valence-corrected chi connectivity index (χ4v) is 13.1. The molecule has 0 aromatic rings. The van der Waals surface area contributed by atoms with Gasteiger partial charge in [0.2, 0.25) is 0 Å². The first-order chi connectivity index (χ1) is 26.3. The molecule has 0 aromatic heterocycles. The Labute approximate surface area is 330 Å². The molecule has 4 aliphatic carbocycles. The van der Waals surface area contributed by atoms with Gasteiger partial charge in [0.1, 0.15) is 24.9 Å². The van der Waals surface area contributed by atoms with Gasteiger partial charge in [0, 0.05) is 30.8 Å². The van der Waals surface area contributed by atoms with E-state index in [1.807, 2.05) is 13.8 Å². The highest BCUT2D eigenvalue weighted by Gasteiger charge is 2.71. The average molecular weight is 795 g/mol. The van der Waals surface area contributed by atoms with Crippen molar-refractivity contribution >= 4 is 5.97 Å². The monoisotopic (exact) mass is 794 g/mol. The van der Waals surface area contributed by atoms with Crippen molar-refractivity contribution in [2.45, 2.75) is 203 Å². The second-order valence-corrected chi connectivity index (χ2v) is 19.5. The number of rotatable bonds is 7. The molecule has 8 rings (SSSR count). The first-order valence-electron chi connectivity index (χ1n) is 21.3. The van der Waals surface area contributed by atoms with Gasteiger partial charge in [-0.1, -0.05) is 13.8 Å². The van der Waals surface area contributed by atoms with Gasteiger partial charge in [0.05, 0.1) is 54.4 Å². The minimum atomic E-state index is -1.22. The zero-order valence-electron chi connectivity index (χ0n) is 33.8. The summed E-state index contributed by atoms with van der Waals surface area (Å²) in [7, 11) is 0. The van der Waals surface area contributed by atoms with Crippen molar-refractivity contribution in [1.82, 2.24) is 0 Å². The quantitative estimate of drug-likeness (QED) is 0.162. The van der Waals surface area contributed by atoms with Crippen molar-refractivity contribution in [3.05, 3.63) is 11.6 Å². The van der Waals surface area contributed by atoms with E-state index >= 15 is 0 Å². The Hall–Kier alpha value is -1.27. The summed E-state index contributed by atoms with van der Waals surface area (Å²) in [5.74, 6) is -1.03. The summed E-state index contributed by atoms with van der Waals surface area (Å²) in [6, 6.07) is 0. The second kappa shape index (κ2) is 15.0. The molecule has 0 radical (unpaired) electrons. The summed E-state index contributed by atoms with van der Waals surface area (Å²) in [6.45, 7) is 11.6. The minimum absolute atomic E-state index is 0.0397. The van der Waals surface area contributed by atoms with Crippen LogP contribution >= 0.6 is 0 Å². The maximum Gasteiger partial charge on any atom is 0.331 e. The molecule has 4 heterocycles. The molecule has 3 saturated heterocycles. The molecule has 0 aromatic carbocycles. The Morgan fingerprint density at radius 1 is 0.750 bits per heavy atom. The summed E-state index contributed by atoms with van der Waals surface area (Å²) in [5, 5.41) is 67.3. The average Bonchev–Trinajstić information content (AvgIpc) is 3.68. The van der Waals surface area contributed by atoms with E-state index in [0.717, 1.165) is 44.1 Å². The van der Waals surface area contributed by atoms with E-state index in [1.165, 1.54) is 0 Å². The number of hydrogen-bond acceptors (Lipinski definition) is 14. The van der Waals surface area contributed by atoms with Gasteiger partial charge >= 0.3 is 5.97 Å². The summed E-state index contributed by atoms with van der Waals surface area (Å²) < 4.78 is 42.5. The molecular formula is C42H66O14. The molecule has 7 fully saturated rings. The molecule has 0 bridgehead atoms. The summed E-state index contributed by atoms with van der Waals surface area (Å²) in [5.41, 5.74) is -0.898. The molecule has 0 amide bonds. The topological polar surface area (TPSA) is 203 Å². The molecule has 0 unspecified atom stereocenters. The minimum Gasteiger partial charge on any atom is -0.458 e. The van der Waals surface area contributed by atoms with Crippen LogP contribution in [0.3, 0.4) is 0 Å². The Bertz CT molecular complexity index is 1460. The van der Waals surface area contributed by atoms with Gasteiger partial charge in [-0.05, 0) is 114 Å². The standard InChI is InChI=1S/C42H66O14/c1-20-36(48)31(45)18-40(5,55-20)56-38-22(3)52-35(17-30(38)44)54-37-21(2)51-34(16-29(37)43)53-25-9-11-39(4)24(14-25)7-8-27-28(39)15-32(46)41(6)26(10-12-42(27,41)49)23-13-33(47)50-19-23/h13,20-22,24-32,34-38,43-46,48-49H,7-12,14-19H2,1-6H3/t20-,21-,22-,24-,25+,26-,27-,28+,29+,30+,31+,32-,34+,35+,36-,37-,38-,39+,40+,41+,42+/m1/s1.